The average molecular weight is 438 g/mol. The summed E-state index contributed by atoms with van der Waals surface area (Å²) in [6, 6.07) is 13.8. The number of fused-ring (bicyclic) bond motifs is 1. The number of likely N-dealkylation sites (N-methyl/N-ethyl adjacent to an activating group) is 1. The Morgan fingerprint density at radius 2 is 1.84 bits per heavy atom. The van der Waals surface area contributed by atoms with Crippen molar-refractivity contribution in [2.45, 2.75) is 17.6 Å². The lowest BCUT2D eigenvalue weighted by molar-refractivity contribution is -0.122. The first-order valence-corrected chi connectivity index (χ1v) is 11.5. The average Bonchev–Trinajstić information content (AvgIpc) is 3.21. The lowest BCUT2D eigenvalue weighted by atomic mass is 10.2. The van der Waals surface area contributed by atoms with Crippen molar-refractivity contribution in [2.24, 2.45) is 0 Å². The summed E-state index contributed by atoms with van der Waals surface area (Å²) in [5, 5.41) is 2.82. The van der Waals surface area contributed by atoms with Crippen molar-refractivity contribution in [3.05, 3.63) is 66.1 Å². The van der Waals surface area contributed by atoms with Gasteiger partial charge in [0.2, 0.25) is 5.91 Å². The summed E-state index contributed by atoms with van der Waals surface area (Å²) in [6.07, 6.45) is 4.04. The van der Waals surface area contributed by atoms with Gasteiger partial charge >= 0.3 is 0 Å². The maximum atomic E-state index is 12.8. The van der Waals surface area contributed by atoms with E-state index in [9.17, 15) is 9.59 Å². The van der Waals surface area contributed by atoms with Crippen molar-refractivity contribution < 1.29 is 9.59 Å². The van der Waals surface area contributed by atoms with E-state index in [1.807, 2.05) is 71.1 Å². The standard InChI is InChI=1S/C23H27N5O2S/c1-2-24-22(29)16-26-11-13-27(14-12-26)23(30)18-6-8-20(9-7-18)31-17-19-15-28-10-4-3-5-21(28)25-19/h3-10,15H,2,11-14,16-17H2,1H3,(H,24,29). The van der Waals surface area contributed by atoms with E-state index >= 15 is 0 Å². The van der Waals surface area contributed by atoms with Gasteiger partial charge in [-0.25, -0.2) is 4.98 Å². The van der Waals surface area contributed by atoms with Gasteiger partial charge in [-0.1, -0.05) is 6.07 Å². The number of nitrogens with zero attached hydrogens (tertiary/aromatic N) is 4. The van der Waals surface area contributed by atoms with Crippen molar-refractivity contribution in [1.29, 1.82) is 0 Å². The molecule has 162 valence electrons. The fourth-order valence-electron chi connectivity index (χ4n) is 3.66. The van der Waals surface area contributed by atoms with Crippen LogP contribution in [0, 0.1) is 0 Å². The quantitative estimate of drug-likeness (QED) is 0.575. The SMILES string of the molecule is CCNC(=O)CN1CCN(C(=O)c2ccc(SCc3cn4ccccc4n3)cc2)CC1. The second kappa shape index (κ2) is 9.98. The summed E-state index contributed by atoms with van der Waals surface area (Å²) in [4.78, 5) is 34.3. The number of hydrogen-bond donors (Lipinski definition) is 1. The topological polar surface area (TPSA) is 70.0 Å². The molecule has 3 heterocycles. The van der Waals surface area contributed by atoms with Gasteiger partial charge in [0.05, 0.1) is 12.2 Å². The van der Waals surface area contributed by atoms with E-state index in [1.165, 1.54) is 0 Å². The number of amides is 2. The second-order valence-corrected chi connectivity index (χ2v) is 8.58. The molecule has 1 N–H and O–H groups in total. The van der Waals surface area contributed by atoms with E-state index in [0.717, 1.165) is 35.1 Å². The van der Waals surface area contributed by atoms with E-state index in [1.54, 1.807) is 11.8 Å². The minimum Gasteiger partial charge on any atom is -0.355 e. The van der Waals surface area contributed by atoms with Gasteiger partial charge in [0, 0.05) is 61.3 Å². The van der Waals surface area contributed by atoms with Gasteiger partial charge in [0.1, 0.15) is 5.65 Å². The molecule has 0 aliphatic carbocycles. The van der Waals surface area contributed by atoms with Crippen molar-refractivity contribution in [2.75, 3.05) is 39.3 Å². The molecule has 31 heavy (non-hydrogen) atoms. The van der Waals surface area contributed by atoms with Crippen LogP contribution in [0.4, 0.5) is 0 Å². The second-order valence-electron chi connectivity index (χ2n) is 7.53. The van der Waals surface area contributed by atoms with Gasteiger partial charge in [-0.2, -0.15) is 0 Å². The molecule has 4 rings (SSSR count). The Kier molecular flexibility index (Phi) is 6.89. The Bertz CT molecular complexity index is 1010. The molecule has 0 saturated carbocycles. The minimum atomic E-state index is 0.0407. The van der Waals surface area contributed by atoms with Crippen molar-refractivity contribution in [3.8, 4) is 0 Å². The van der Waals surface area contributed by atoms with E-state index in [2.05, 4.69) is 15.2 Å². The summed E-state index contributed by atoms with van der Waals surface area (Å²) >= 11 is 1.71. The zero-order chi connectivity index (χ0) is 21.6. The number of pyridine rings is 1. The normalized spacial score (nSPS) is 14.7. The predicted molar refractivity (Wildman–Crippen MR) is 122 cm³/mol. The summed E-state index contributed by atoms with van der Waals surface area (Å²) in [6.45, 7) is 5.67. The molecule has 0 bridgehead atoms. The van der Waals surface area contributed by atoms with Crippen LogP contribution < -0.4 is 5.32 Å². The first kappa shape index (κ1) is 21.4. The first-order chi connectivity index (χ1) is 15.1. The monoisotopic (exact) mass is 437 g/mol. The molecule has 1 aromatic carbocycles. The molecule has 3 aromatic rings. The van der Waals surface area contributed by atoms with Crippen LogP contribution in [0.2, 0.25) is 0 Å². The number of nitrogens with one attached hydrogen (secondary N) is 1. The van der Waals surface area contributed by atoms with Crippen LogP contribution in [0.15, 0.2) is 59.8 Å². The molecule has 1 aliphatic heterocycles. The van der Waals surface area contributed by atoms with Gasteiger partial charge in [0.15, 0.2) is 0 Å². The molecule has 7 nitrogen and oxygen atoms in total. The summed E-state index contributed by atoms with van der Waals surface area (Å²) in [5.41, 5.74) is 2.68. The molecule has 2 aromatic heterocycles. The number of rotatable bonds is 7. The largest absolute Gasteiger partial charge is 0.355 e. The summed E-state index contributed by atoms with van der Waals surface area (Å²) in [7, 11) is 0. The number of carbonyl (C=O) groups excluding carboxylic acids is 2. The Morgan fingerprint density at radius 1 is 1.06 bits per heavy atom. The third-order valence-electron chi connectivity index (χ3n) is 5.30. The Hall–Kier alpha value is -2.84. The lowest BCUT2D eigenvalue weighted by Gasteiger charge is -2.34. The van der Waals surface area contributed by atoms with E-state index < -0.39 is 0 Å². The molecule has 0 spiro atoms. The fourth-order valence-corrected chi connectivity index (χ4v) is 4.44. The van der Waals surface area contributed by atoms with Crippen LogP contribution in [-0.2, 0) is 10.5 Å². The van der Waals surface area contributed by atoms with Gasteiger partial charge < -0.3 is 14.6 Å². The highest BCUT2D eigenvalue weighted by Crippen LogP contribution is 2.23. The third-order valence-corrected chi connectivity index (χ3v) is 6.35. The summed E-state index contributed by atoms with van der Waals surface area (Å²) < 4.78 is 2.02. The van der Waals surface area contributed by atoms with Crippen LogP contribution in [0.5, 0.6) is 0 Å². The van der Waals surface area contributed by atoms with Crippen molar-refractivity contribution >= 4 is 29.2 Å². The van der Waals surface area contributed by atoms with Gasteiger partial charge in [0.25, 0.3) is 5.91 Å². The van der Waals surface area contributed by atoms with Crippen molar-refractivity contribution in [3.63, 3.8) is 0 Å². The number of thioether (sulfide) groups is 1. The molecular formula is C23H27N5O2S. The highest BCUT2D eigenvalue weighted by molar-refractivity contribution is 7.98. The maximum Gasteiger partial charge on any atom is 0.253 e. The third kappa shape index (κ3) is 5.45. The zero-order valence-electron chi connectivity index (χ0n) is 17.7. The zero-order valence-corrected chi connectivity index (χ0v) is 18.5. The predicted octanol–water partition coefficient (Wildman–Crippen LogP) is 2.52. The molecule has 0 unspecified atom stereocenters. The number of benzene rings is 1. The molecule has 2 amide bonds. The van der Waals surface area contributed by atoms with E-state index in [0.29, 0.717) is 31.7 Å². The molecule has 1 saturated heterocycles. The number of imidazole rings is 1. The van der Waals surface area contributed by atoms with Crippen LogP contribution >= 0.6 is 11.8 Å². The van der Waals surface area contributed by atoms with Gasteiger partial charge in [-0.15, -0.1) is 11.8 Å². The number of piperazine rings is 1. The van der Waals surface area contributed by atoms with Gasteiger partial charge in [-0.3, -0.25) is 14.5 Å². The Labute approximate surface area is 186 Å². The van der Waals surface area contributed by atoms with Gasteiger partial charge in [-0.05, 0) is 43.3 Å². The van der Waals surface area contributed by atoms with Crippen LogP contribution in [0.1, 0.15) is 23.0 Å². The van der Waals surface area contributed by atoms with Crippen molar-refractivity contribution in [1.82, 2.24) is 24.5 Å². The smallest absolute Gasteiger partial charge is 0.253 e. The van der Waals surface area contributed by atoms with E-state index in [4.69, 9.17) is 0 Å². The van der Waals surface area contributed by atoms with E-state index in [-0.39, 0.29) is 11.8 Å². The lowest BCUT2D eigenvalue weighted by Crippen LogP contribution is -2.51. The minimum absolute atomic E-state index is 0.0407. The Morgan fingerprint density at radius 3 is 2.55 bits per heavy atom. The molecule has 0 radical (unpaired) electrons. The molecule has 8 heteroatoms. The fraction of sp³-hybridized carbons (Fsp3) is 0.348. The number of carbonyl (C=O) groups is 2. The van der Waals surface area contributed by atoms with Crippen LogP contribution in [0.3, 0.4) is 0 Å². The molecule has 1 aliphatic rings. The van der Waals surface area contributed by atoms with Crippen LogP contribution in [0.25, 0.3) is 5.65 Å². The first-order valence-electron chi connectivity index (χ1n) is 10.6. The highest BCUT2D eigenvalue weighted by atomic mass is 32.2. The molecular weight excluding hydrogens is 410 g/mol. The molecule has 1 fully saturated rings. The van der Waals surface area contributed by atoms with Crippen LogP contribution in [-0.4, -0.2) is 70.3 Å². The maximum absolute atomic E-state index is 12.8. The Balaban J connectivity index is 1.27. The number of hydrogen-bond acceptors (Lipinski definition) is 5. The molecule has 0 atom stereocenters. The highest BCUT2D eigenvalue weighted by Gasteiger charge is 2.23. The number of aromatic nitrogens is 2. The summed E-state index contributed by atoms with van der Waals surface area (Å²) in [5.74, 6) is 0.872.